The van der Waals surface area contributed by atoms with Crippen LogP contribution in [0.15, 0.2) is 61.0 Å². The van der Waals surface area contributed by atoms with E-state index in [-0.39, 0.29) is 5.92 Å². The first-order valence-electron chi connectivity index (χ1n) is 8.52. The van der Waals surface area contributed by atoms with Gasteiger partial charge in [0.25, 0.3) is 0 Å². The summed E-state index contributed by atoms with van der Waals surface area (Å²) in [4.78, 5) is 18.7. The van der Waals surface area contributed by atoms with Crippen molar-refractivity contribution in [2.24, 2.45) is 17.5 Å². The molecule has 2 aromatic rings. The summed E-state index contributed by atoms with van der Waals surface area (Å²) in [6, 6.07) is 16.2. The Morgan fingerprint density at radius 2 is 1.64 bits per heavy atom. The first-order chi connectivity index (χ1) is 13.6. The average Bonchev–Trinajstić information content (AvgIpc) is 2.74. The van der Waals surface area contributed by atoms with Crippen molar-refractivity contribution in [2.45, 2.75) is 19.8 Å². The van der Waals surface area contributed by atoms with Crippen LogP contribution in [0.3, 0.4) is 0 Å². The van der Waals surface area contributed by atoms with Crippen molar-refractivity contribution in [3.05, 3.63) is 71.6 Å². The minimum atomic E-state index is 0.126. The van der Waals surface area contributed by atoms with Crippen LogP contribution in [0.25, 0.3) is 11.1 Å². The molecule has 0 aliphatic carbocycles. The molecule has 2 rings (SSSR count). The lowest BCUT2D eigenvalue weighted by Crippen LogP contribution is -2.21. The van der Waals surface area contributed by atoms with E-state index in [9.17, 15) is 4.79 Å². The van der Waals surface area contributed by atoms with Gasteiger partial charge in [-0.15, -0.1) is 10.6 Å². The molecular formula is C20H28ClN3O4. The lowest BCUT2D eigenvalue weighted by molar-refractivity contribution is -0.318. The molecule has 0 saturated carbocycles. The lowest BCUT2D eigenvalue weighted by atomic mass is 9.96. The van der Waals surface area contributed by atoms with E-state index in [1.165, 1.54) is 18.2 Å². The summed E-state index contributed by atoms with van der Waals surface area (Å²) in [5, 5.41) is 8.32. The van der Waals surface area contributed by atoms with Gasteiger partial charge < -0.3 is 15.6 Å². The molecule has 1 unspecified atom stereocenters. The number of aldehydes is 1. The standard InChI is InChI=1S/C17H17ClO.C2H5NO.CH6N2O2/c1-2-13(12-19)11-14-3-5-15(6-4-14)16-7-9-17(18)10-8-16;3-1-2-4;1-4-5-3-2/h3-10,12-13H,2,11H2,1H3;1-2,4H,3H2;3H,2H2,1H3/b;2-1+;. The number of nitrogens with two attached hydrogens (primary N) is 2. The summed E-state index contributed by atoms with van der Waals surface area (Å²) in [7, 11) is 1.35. The second-order valence-electron chi connectivity index (χ2n) is 5.42. The van der Waals surface area contributed by atoms with Gasteiger partial charge in [-0.1, -0.05) is 54.9 Å². The fourth-order valence-electron chi connectivity index (χ4n) is 2.12. The van der Waals surface area contributed by atoms with Crippen molar-refractivity contribution in [1.29, 1.82) is 0 Å². The van der Waals surface area contributed by atoms with E-state index >= 15 is 0 Å². The van der Waals surface area contributed by atoms with Crippen LogP contribution in [-0.4, -0.2) is 18.5 Å². The predicted molar refractivity (Wildman–Crippen MR) is 112 cm³/mol. The molecule has 0 saturated heterocycles. The Morgan fingerprint density at radius 1 is 1.14 bits per heavy atom. The Balaban J connectivity index is 0.000000681. The molecule has 6 N–H and O–H groups in total. The van der Waals surface area contributed by atoms with Crippen molar-refractivity contribution in [2.75, 3.05) is 7.11 Å². The van der Waals surface area contributed by atoms with Crippen LogP contribution in [0.2, 0.25) is 5.02 Å². The van der Waals surface area contributed by atoms with Crippen LogP contribution in [0.1, 0.15) is 18.9 Å². The molecule has 0 amide bonds. The number of benzene rings is 2. The van der Waals surface area contributed by atoms with Gasteiger partial charge in [0.1, 0.15) is 6.29 Å². The second-order valence-corrected chi connectivity index (χ2v) is 5.86. The number of carbonyl (C=O) groups excluding carboxylic acids is 1. The summed E-state index contributed by atoms with van der Waals surface area (Å²) in [6.45, 7) is 2.04. The number of carbonyl (C=O) groups is 1. The molecule has 0 heterocycles. The fraction of sp³-hybridized carbons (Fsp3) is 0.250. The van der Waals surface area contributed by atoms with Crippen LogP contribution in [0.4, 0.5) is 0 Å². The zero-order valence-electron chi connectivity index (χ0n) is 16.0. The summed E-state index contributed by atoms with van der Waals surface area (Å²) in [5.41, 5.74) is 9.92. The molecule has 2 aromatic carbocycles. The van der Waals surface area contributed by atoms with E-state index in [1.54, 1.807) is 5.59 Å². The van der Waals surface area contributed by atoms with Crippen LogP contribution in [-0.2, 0) is 21.1 Å². The highest BCUT2D eigenvalue weighted by atomic mass is 35.5. The van der Waals surface area contributed by atoms with Crippen LogP contribution < -0.4 is 17.2 Å². The third-order valence-electron chi connectivity index (χ3n) is 3.56. The van der Waals surface area contributed by atoms with E-state index in [1.807, 2.05) is 31.2 Å². The molecular weight excluding hydrogens is 382 g/mol. The van der Waals surface area contributed by atoms with Crippen molar-refractivity contribution < 1.29 is 19.8 Å². The second kappa shape index (κ2) is 16.7. The normalized spacial score (nSPS) is 11.0. The Kier molecular flexibility index (Phi) is 15.3. The molecule has 0 spiro atoms. The molecule has 0 radical (unpaired) electrons. The average molecular weight is 410 g/mol. The quantitative estimate of drug-likeness (QED) is 0.181. The van der Waals surface area contributed by atoms with E-state index in [4.69, 9.17) is 16.7 Å². The maximum atomic E-state index is 10.8. The molecule has 28 heavy (non-hydrogen) atoms. The minimum absolute atomic E-state index is 0.126. The Bertz CT molecular complexity index is 658. The summed E-state index contributed by atoms with van der Waals surface area (Å²) in [6.07, 6.45) is 4.59. The van der Waals surface area contributed by atoms with Crippen LogP contribution >= 0.6 is 11.6 Å². The van der Waals surface area contributed by atoms with Gasteiger partial charge in [0.15, 0.2) is 0 Å². The summed E-state index contributed by atoms with van der Waals surface area (Å²) >= 11 is 5.88. The molecule has 1 atom stereocenters. The number of halogens is 1. The molecule has 7 nitrogen and oxygen atoms in total. The van der Waals surface area contributed by atoms with Gasteiger partial charge >= 0.3 is 0 Å². The van der Waals surface area contributed by atoms with Gasteiger partial charge in [0, 0.05) is 17.1 Å². The van der Waals surface area contributed by atoms with E-state index < -0.39 is 0 Å². The van der Waals surface area contributed by atoms with Crippen LogP contribution in [0.5, 0.6) is 0 Å². The SMILES string of the molecule is CCC(C=O)Cc1ccc(-c2ccc(Cl)cc2)cc1.COONN.N/C=C/O. The highest BCUT2D eigenvalue weighted by molar-refractivity contribution is 6.30. The highest BCUT2D eigenvalue weighted by Crippen LogP contribution is 2.22. The number of hydrazine groups is 1. The molecule has 0 bridgehead atoms. The number of rotatable bonds is 7. The van der Waals surface area contributed by atoms with Gasteiger partial charge in [0.2, 0.25) is 0 Å². The molecule has 154 valence electrons. The van der Waals surface area contributed by atoms with Crippen LogP contribution in [0, 0.1) is 5.92 Å². The topological polar surface area (TPSA) is 120 Å². The number of hydrogen-bond acceptors (Lipinski definition) is 7. The number of aliphatic hydroxyl groups excluding tert-OH is 1. The number of aliphatic hydroxyl groups is 1. The number of hydrogen-bond donors (Lipinski definition) is 4. The summed E-state index contributed by atoms with van der Waals surface area (Å²) in [5.74, 6) is 4.67. The lowest BCUT2D eigenvalue weighted by Gasteiger charge is -2.08. The molecule has 0 fully saturated rings. The summed E-state index contributed by atoms with van der Waals surface area (Å²) < 4.78 is 0. The first-order valence-corrected chi connectivity index (χ1v) is 8.90. The smallest absolute Gasteiger partial charge is 0.123 e. The Labute approximate surface area is 170 Å². The maximum Gasteiger partial charge on any atom is 0.123 e. The van der Waals surface area contributed by atoms with E-state index in [0.717, 1.165) is 42.2 Å². The van der Waals surface area contributed by atoms with Crippen molar-refractivity contribution in [3.63, 3.8) is 0 Å². The maximum absolute atomic E-state index is 10.8. The highest BCUT2D eigenvalue weighted by Gasteiger charge is 2.06. The van der Waals surface area contributed by atoms with Gasteiger partial charge in [-0.2, -0.15) is 0 Å². The fourth-order valence-corrected chi connectivity index (χ4v) is 2.24. The van der Waals surface area contributed by atoms with Gasteiger partial charge in [0.05, 0.1) is 13.4 Å². The Morgan fingerprint density at radius 3 is 1.96 bits per heavy atom. The minimum Gasteiger partial charge on any atom is -0.514 e. The van der Waals surface area contributed by atoms with E-state index in [2.05, 4.69) is 45.7 Å². The molecule has 0 aromatic heterocycles. The zero-order chi connectivity index (χ0) is 21.2. The third kappa shape index (κ3) is 11.3. The van der Waals surface area contributed by atoms with Gasteiger partial charge in [-0.05, 0) is 41.7 Å². The zero-order valence-corrected chi connectivity index (χ0v) is 16.8. The van der Waals surface area contributed by atoms with E-state index in [0.29, 0.717) is 0 Å². The van der Waals surface area contributed by atoms with Crippen molar-refractivity contribution >= 4 is 17.9 Å². The first kappa shape index (κ1) is 25.6. The largest absolute Gasteiger partial charge is 0.514 e. The van der Waals surface area contributed by atoms with Gasteiger partial charge in [-0.25, -0.2) is 10.7 Å². The third-order valence-corrected chi connectivity index (χ3v) is 3.82. The van der Waals surface area contributed by atoms with Crippen molar-refractivity contribution in [3.8, 4) is 11.1 Å². The monoisotopic (exact) mass is 409 g/mol. The molecule has 0 aliphatic heterocycles. The number of nitrogens with one attached hydrogen (secondary N) is 1. The molecule has 0 aliphatic rings. The Hall–Kier alpha value is -2.42. The van der Waals surface area contributed by atoms with Crippen molar-refractivity contribution in [1.82, 2.24) is 5.59 Å². The van der Waals surface area contributed by atoms with Gasteiger partial charge in [-0.3, -0.25) is 0 Å². The predicted octanol–water partition coefficient (Wildman–Crippen LogP) is 3.69. The molecule has 8 heteroatoms.